The van der Waals surface area contributed by atoms with Gasteiger partial charge in [-0.05, 0) is 37.6 Å². The lowest BCUT2D eigenvalue weighted by Gasteiger charge is -2.19. The topological polar surface area (TPSA) is 115 Å². The summed E-state index contributed by atoms with van der Waals surface area (Å²) in [5, 5.41) is 16.9. The predicted octanol–water partition coefficient (Wildman–Crippen LogP) is 4.34. The summed E-state index contributed by atoms with van der Waals surface area (Å²) >= 11 is 0. The molecular formula is C24H21N3O6. The highest BCUT2D eigenvalue weighted by atomic mass is 16.6. The van der Waals surface area contributed by atoms with Crippen molar-refractivity contribution in [1.29, 1.82) is 0 Å². The Kier molecular flexibility index (Phi) is 6.03. The number of nitrogens with zero attached hydrogens (tertiary/aromatic N) is 3. The van der Waals surface area contributed by atoms with Gasteiger partial charge in [0.2, 0.25) is 0 Å². The van der Waals surface area contributed by atoms with Gasteiger partial charge in [-0.15, -0.1) is 0 Å². The molecule has 0 bridgehead atoms. The fourth-order valence-corrected chi connectivity index (χ4v) is 3.68. The minimum absolute atomic E-state index is 0.0323. The Morgan fingerprint density at radius 1 is 1.15 bits per heavy atom. The lowest BCUT2D eigenvalue weighted by atomic mass is 10.0. The first kappa shape index (κ1) is 21.9. The molecule has 1 atom stereocenters. The van der Waals surface area contributed by atoms with Crippen molar-refractivity contribution in [2.75, 3.05) is 6.61 Å². The Morgan fingerprint density at radius 3 is 2.58 bits per heavy atom. The van der Waals surface area contributed by atoms with Crippen LogP contribution in [0.1, 0.15) is 45.3 Å². The van der Waals surface area contributed by atoms with E-state index in [0.717, 1.165) is 11.1 Å². The molecule has 9 heteroatoms. The molecule has 0 unspecified atom stereocenters. The Bertz CT molecular complexity index is 1230. The van der Waals surface area contributed by atoms with Gasteiger partial charge in [0.1, 0.15) is 11.8 Å². The maximum Gasteiger partial charge on any atom is 0.339 e. The van der Waals surface area contributed by atoms with Crippen LogP contribution in [-0.2, 0) is 9.53 Å². The second-order valence-corrected chi connectivity index (χ2v) is 7.67. The van der Waals surface area contributed by atoms with Crippen molar-refractivity contribution in [2.45, 2.75) is 26.3 Å². The molecule has 0 saturated heterocycles. The van der Waals surface area contributed by atoms with Crippen LogP contribution in [0.5, 0.6) is 0 Å². The highest BCUT2D eigenvalue weighted by molar-refractivity contribution is 6.03. The van der Waals surface area contributed by atoms with Crippen molar-refractivity contribution >= 4 is 23.3 Å². The number of nitro groups is 1. The zero-order valence-corrected chi connectivity index (χ0v) is 18.1. The van der Waals surface area contributed by atoms with Gasteiger partial charge >= 0.3 is 5.97 Å². The van der Waals surface area contributed by atoms with Crippen molar-refractivity contribution in [1.82, 2.24) is 5.01 Å². The smallest absolute Gasteiger partial charge is 0.339 e. The van der Waals surface area contributed by atoms with Gasteiger partial charge in [0, 0.05) is 18.1 Å². The number of carbonyl (C=O) groups excluding carboxylic acids is 2. The zero-order valence-electron chi connectivity index (χ0n) is 18.1. The molecule has 0 spiro atoms. The number of ether oxygens (including phenoxy) is 1. The number of amides is 1. The summed E-state index contributed by atoms with van der Waals surface area (Å²) in [7, 11) is 0. The van der Waals surface area contributed by atoms with E-state index in [0.29, 0.717) is 17.9 Å². The number of hydrazone groups is 1. The molecule has 4 rings (SSSR count). The van der Waals surface area contributed by atoms with Gasteiger partial charge in [-0.25, -0.2) is 9.80 Å². The van der Waals surface area contributed by atoms with Crippen LogP contribution in [0.25, 0.3) is 0 Å². The first-order chi connectivity index (χ1) is 15.8. The molecule has 1 aliphatic heterocycles. The summed E-state index contributed by atoms with van der Waals surface area (Å²) in [6, 6.07) is 14.9. The largest absolute Gasteiger partial charge is 0.467 e. The predicted molar refractivity (Wildman–Crippen MR) is 119 cm³/mol. The van der Waals surface area contributed by atoms with E-state index in [-0.39, 0.29) is 16.8 Å². The fraction of sp³-hybridized carbons (Fsp3) is 0.208. The van der Waals surface area contributed by atoms with Crippen molar-refractivity contribution in [2.24, 2.45) is 5.10 Å². The Labute approximate surface area is 189 Å². The van der Waals surface area contributed by atoms with Crippen LogP contribution in [0, 0.1) is 24.0 Å². The van der Waals surface area contributed by atoms with E-state index in [1.165, 1.54) is 36.4 Å². The maximum atomic E-state index is 13.0. The van der Waals surface area contributed by atoms with E-state index in [1.54, 1.807) is 12.1 Å². The van der Waals surface area contributed by atoms with Crippen LogP contribution in [0.15, 0.2) is 70.4 Å². The minimum Gasteiger partial charge on any atom is -0.467 e. The number of nitro benzene ring substituents is 1. The van der Waals surface area contributed by atoms with E-state index >= 15 is 0 Å². The number of hydrogen-bond acceptors (Lipinski definition) is 7. The lowest BCUT2D eigenvalue weighted by molar-refractivity contribution is -0.385. The molecule has 0 aliphatic carbocycles. The molecule has 0 fully saturated rings. The summed E-state index contributed by atoms with van der Waals surface area (Å²) in [5.41, 5.74) is 2.72. The van der Waals surface area contributed by atoms with Crippen LogP contribution in [0.4, 0.5) is 5.69 Å². The van der Waals surface area contributed by atoms with Crippen LogP contribution in [0.3, 0.4) is 0 Å². The van der Waals surface area contributed by atoms with E-state index in [4.69, 9.17) is 9.15 Å². The Hall–Kier alpha value is -4.27. The summed E-state index contributed by atoms with van der Waals surface area (Å²) in [6.45, 7) is 2.88. The molecule has 3 aromatic rings. The second kappa shape index (κ2) is 9.07. The summed E-state index contributed by atoms with van der Waals surface area (Å²) in [4.78, 5) is 36.0. The van der Waals surface area contributed by atoms with Crippen LogP contribution < -0.4 is 0 Å². The van der Waals surface area contributed by atoms with Crippen LogP contribution in [-0.4, -0.2) is 34.1 Å². The SMILES string of the molecule is Cc1ccc(C2=NN(C(=O)COC(=O)c3cccc([N+](=O)[O-])c3C)[C@@H](c3ccco3)C2)cc1. The molecule has 1 amide bonds. The van der Waals surface area contributed by atoms with Crippen LogP contribution >= 0.6 is 0 Å². The van der Waals surface area contributed by atoms with Crippen molar-refractivity contribution in [3.8, 4) is 0 Å². The molecule has 2 heterocycles. The Balaban J connectivity index is 1.52. The van der Waals surface area contributed by atoms with Gasteiger partial charge in [-0.3, -0.25) is 14.9 Å². The number of hydrogen-bond donors (Lipinski definition) is 0. The van der Waals surface area contributed by atoms with E-state index in [1.807, 2.05) is 31.2 Å². The van der Waals surface area contributed by atoms with Gasteiger partial charge in [0.15, 0.2) is 6.61 Å². The van der Waals surface area contributed by atoms with Gasteiger partial charge in [-0.1, -0.05) is 35.9 Å². The number of rotatable bonds is 6. The number of esters is 1. The molecule has 0 saturated carbocycles. The maximum absolute atomic E-state index is 13.0. The highest BCUT2D eigenvalue weighted by Gasteiger charge is 2.35. The monoisotopic (exact) mass is 447 g/mol. The normalized spacial score (nSPS) is 15.3. The third kappa shape index (κ3) is 4.52. The second-order valence-electron chi connectivity index (χ2n) is 7.67. The summed E-state index contributed by atoms with van der Waals surface area (Å²) in [6.07, 6.45) is 1.97. The average Bonchev–Trinajstić information content (AvgIpc) is 3.48. The number of furan rings is 1. The zero-order chi connectivity index (χ0) is 23.5. The van der Waals surface area contributed by atoms with E-state index in [9.17, 15) is 19.7 Å². The van der Waals surface area contributed by atoms with E-state index < -0.39 is 29.4 Å². The minimum atomic E-state index is -0.818. The molecule has 1 aromatic heterocycles. The third-order valence-electron chi connectivity index (χ3n) is 5.47. The number of carbonyl (C=O) groups is 2. The molecular weight excluding hydrogens is 426 g/mol. The fourth-order valence-electron chi connectivity index (χ4n) is 3.68. The van der Waals surface area contributed by atoms with Crippen molar-refractivity contribution in [3.05, 3.63) is 99.0 Å². The Morgan fingerprint density at radius 2 is 1.91 bits per heavy atom. The third-order valence-corrected chi connectivity index (χ3v) is 5.47. The number of benzene rings is 2. The first-order valence-corrected chi connectivity index (χ1v) is 10.3. The van der Waals surface area contributed by atoms with Crippen molar-refractivity contribution in [3.63, 3.8) is 0 Å². The summed E-state index contributed by atoms with van der Waals surface area (Å²) < 4.78 is 10.7. The average molecular weight is 447 g/mol. The molecule has 9 nitrogen and oxygen atoms in total. The molecule has 2 aromatic carbocycles. The number of aryl methyl sites for hydroxylation is 1. The van der Waals surface area contributed by atoms with Gasteiger partial charge in [-0.2, -0.15) is 5.10 Å². The molecule has 168 valence electrons. The standard InChI is InChI=1S/C24H21N3O6/c1-15-8-10-17(11-9-15)19-13-21(22-7-4-12-32-22)26(25-19)23(28)14-33-24(29)18-5-3-6-20(16(18)2)27(30)31/h3-12,21H,13-14H2,1-2H3/t21-/m1/s1. The highest BCUT2D eigenvalue weighted by Crippen LogP contribution is 2.33. The quantitative estimate of drug-likeness (QED) is 0.315. The molecule has 33 heavy (non-hydrogen) atoms. The molecule has 1 aliphatic rings. The van der Waals surface area contributed by atoms with Crippen molar-refractivity contribution < 1.29 is 23.7 Å². The van der Waals surface area contributed by atoms with E-state index in [2.05, 4.69) is 5.10 Å². The molecule has 0 N–H and O–H groups in total. The summed E-state index contributed by atoms with van der Waals surface area (Å²) in [5.74, 6) is -0.786. The van der Waals surface area contributed by atoms with Gasteiger partial charge in [0.05, 0.1) is 22.5 Å². The first-order valence-electron chi connectivity index (χ1n) is 10.3. The van der Waals surface area contributed by atoms with Gasteiger partial charge < -0.3 is 9.15 Å². The lowest BCUT2D eigenvalue weighted by Crippen LogP contribution is -2.31. The molecule has 0 radical (unpaired) electrons. The van der Waals surface area contributed by atoms with Crippen LogP contribution in [0.2, 0.25) is 0 Å². The van der Waals surface area contributed by atoms with Gasteiger partial charge in [0.25, 0.3) is 11.6 Å².